The van der Waals surface area contributed by atoms with E-state index in [9.17, 15) is 5.26 Å². The van der Waals surface area contributed by atoms with Crippen molar-refractivity contribution in [3.63, 3.8) is 0 Å². The molecule has 160 valence electrons. The Kier molecular flexibility index (Phi) is 5.40. The summed E-state index contributed by atoms with van der Waals surface area (Å²) in [6.45, 7) is 4.34. The van der Waals surface area contributed by atoms with Gasteiger partial charge in [-0.05, 0) is 37.9 Å². The van der Waals surface area contributed by atoms with Crippen LogP contribution in [0, 0.1) is 17.2 Å². The molecule has 0 amide bonds. The van der Waals surface area contributed by atoms with Gasteiger partial charge >= 0.3 is 0 Å². The average molecular weight is 419 g/mol. The standard InChI is InChI=1S/C22H25N7O2/c1-30-22-16(9-23)8-18(12-25-22)29-20-4-7-31-6-3-19(20)21(27-29)17-11-26-28(14-17)13-15-2-5-24-10-15/h8,11-12,14-15,24H,2-7,10,13H2,1H3. The fourth-order valence-electron chi connectivity index (χ4n) is 4.42. The van der Waals surface area contributed by atoms with Gasteiger partial charge in [-0.2, -0.15) is 15.5 Å². The third-order valence-corrected chi connectivity index (χ3v) is 5.98. The number of nitrogens with zero attached hydrogens (tertiary/aromatic N) is 6. The Morgan fingerprint density at radius 3 is 3.03 bits per heavy atom. The van der Waals surface area contributed by atoms with E-state index >= 15 is 0 Å². The van der Waals surface area contributed by atoms with Crippen LogP contribution in [0.2, 0.25) is 0 Å². The topological polar surface area (TPSA) is 103 Å². The molecule has 31 heavy (non-hydrogen) atoms. The third-order valence-electron chi connectivity index (χ3n) is 5.98. The highest BCUT2D eigenvalue weighted by molar-refractivity contribution is 5.64. The van der Waals surface area contributed by atoms with Crippen LogP contribution in [0.3, 0.4) is 0 Å². The van der Waals surface area contributed by atoms with Crippen LogP contribution in [0.4, 0.5) is 0 Å². The summed E-state index contributed by atoms with van der Waals surface area (Å²) in [6.07, 6.45) is 8.40. The Bertz CT molecular complexity index is 1120. The highest BCUT2D eigenvalue weighted by Gasteiger charge is 2.24. The Morgan fingerprint density at radius 1 is 1.32 bits per heavy atom. The number of ether oxygens (including phenoxy) is 2. The lowest BCUT2D eigenvalue weighted by atomic mass is 10.0. The van der Waals surface area contributed by atoms with Crippen molar-refractivity contribution >= 4 is 0 Å². The van der Waals surface area contributed by atoms with Crippen LogP contribution < -0.4 is 10.1 Å². The number of nitriles is 1. The zero-order chi connectivity index (χ0) is 21.2. The molecule has 2 aliphatic heterocycles. The lowest BCUT2D eigenvalue weighted by molar-refractivity contribution is 0.145. The summed E-state index contributed by atoms with van der Waals surface area (Å²) in [5.74, 6) is 0.932. The van der Waals surface area contributed by atoms with Crippen LogP contribution >= 0.6 is 0 Å². The van der Waals surface area contributed by atoms with Crippen molar-refractivity contribution in [1.82, 2.24) is 29.9 Å². The van der Waals surface area contributed by atoms with E-state index in [1.807, 2.05) is 15.6 Å². The Hall–Kier alpha value is -3.22. The summed E-state index contributed by atoms with van der Waals surface area (Å²) in [6, 6.07) is 3.92. The number of methoxy groups -OCH3 is 1. The second-order valence-corrected chi connectivity index (χ2v) is 7.97. The van der Waals surface area contributed by atoms with Crippen molar-refractivity contribution in [1.29, 1.82) is 5.26 Å². The van der Waals surface area contributed by atoms with Gasteiger partial charge in [-0.15, -0.1) is 0 Å². The van der Waals surface area contributed by atoms with Gasteiger partial charge in [0.25, 0.3) is 0 Å². The van der Waals surface area contributed by atoms with Crippen molar-refractivity contribution in [2.45, 2.75) is 25.8 Å². The number of fused-ring (bicyclic) bond motifs is 1. The lowest BCUT2D eigenvalue weighted by Gasteiger charge is -2.08. The van der Waals surface area contributed by atoms with E-state index in [1.165, 1.54) is 19.1 Å². The highest BCUT2D eigenvalue weighted by Crippen LogP contribution is 2.30. The van der Waals surface area contributed by atoms with Gasteiger partial charge < -0.3 is 14.8 Å². The van der Waals surface area contributed by atoms with Crippen molar-refractivity contribution in [3.05, 3.63) is 41.5 Å². The maximum Gasteiger partial charge on any atom is 0.231 e. The second-order valence-electron chi connectivity index (χ2n) is 7.97. The van der Waals surface area contributed by atoms with Gasteiger partial charge in [0.15, 0.2) is 0 Å². The van der Waals surface area contributed by atoms with Gasteiger partial charge in [-0.1, -0.05) is 0 Å². The second kappa shape index (κ2) is 8.49. The first kappa shape index (κ1) is 19.7. The molecule has 2 aliphatic rings. The maximum absolute atomic E-state index is 9.47. The summed E-state index contributed by atoms with van der Waals surface area (Å²) in [5, 5.41) is 22.4. The van der Waals surface area contributed by atoms with E-state index < -0.39 is 0 Å². The van der Waals surface area contributed by atoms with E-state index in [-0.39, 0.29) is 0 Å². The van der Waals surface area contributed by atoms with Gasteiger partial charge in [0.05, 0.1) is 49.8 Å². The Morgan fingerprint density at radius 2 is 2.23 bits per heavy atom. The molecule has 1 fully saturated rings. The van der Waals surface area contributed by atoms with Crippen molar-refractivity contribution in [2.24, 2.45) is 5.92 Å². The highest BCUT2D eigenvalue weighted by atomic mass is 16.5. The number of pyridine rings is 1. The largest absolute Gasteiger partial charge is 0.480 e. The van der Waals surface area contributed by atoms with Crippen molar-refractivity contribution in [3.8, 4) is 28.9 Å². The number of aromatic nitrogens is 5. The normalized spacial score (nSPS) is 18.4. The fourth-order valence-corrected chi connectivity index (χ4v) is 4.42. The lowest BCUT2D eigenvalue weighted by Crippen LogP contribution is -2.14. The minimum absolute atomic E-state index is 0.315. The average Bonchev–Trinajstić information content (AvgIpc) is 3.51. The predicted molar refractivity (Wildman–Crippen MR) is 113 cm³/mol. The Balaban J connectivity index is 1.54. The van der Waals surface area contributed by atoms with E-state index in [2.05, 4.69) is 27.7 Å². The SMILES string of the molecule is COc1ncc(-n2nc(-c3cnn(CC4CCNC4)c3)c3c2CCOCC3)cc1C#N. The van der Waals surface area contributed by atoms with Gasteiger partial charge in [0.2, 0.25) is 5.88 Å². The molecule has 3 aromatic heterocycles. The van der Waals surface area contributed by atoms with Crippen LogP contribution in [-0.2, 0) is 24.1 Å². The van der Waals surface area contributed by atoms with Crippen LogP contribution in [0.5, 0.6) is 5.88 Å². The molecule has 0 bridgehead atoms. The van der Waals surface area contributed by atoms with Crippen molar-refractivity contribution in [2.75, 3.05) is 33.4 Å². The van der Waals surface area contributed by atoms with Crippen LogP contribution in [0.1, 0.15) is 23.2 Å². The monoisotopic (exact) mass is 419 g/mol. The third kappa shape index (κ3) is 3.80. The molecule has 5 rings (SSSR count). The molecule has 0 saturated carbocycles. The van der Waals surface area contributed by atoms with E-state index in [0.717, 1.165) is 55.1 Å². The smallest absolute Gasteiger partial charge is 0.231 e. The summed E-state index contributed by atoms with van der Waals surface area (Å²) in [4.78, 5) is 4.30. The summed E-state index contributed by atoms with van der Waals surface area (Å²) in [7, 11) is 1.51. The van der Waals surface area contributed by atoms with Crippen LogP contribution in [0.15, 0.2) is 24.7 Å². The van der Waals surface area contributed by atoms with E-state index in [1.54, 1.807) is 12.3 Å². The molecule has 1 unspecified atom stereocenters. The van der Waals surface area contributed by atoms with Crippen molar-refractivity contribution < 1.29 is 9.47 Å². The first-order chi connectivity index (χ1) is 15.3. The van der Waals surface area contributed by atoms with Gasteiger partial charge in [-0.3, -0.25) is 4.68 Å². The molecule has 3 aromatic rings. The first-order valence-electron chi connectivity index (χ1n) is 10.6. The molecule has 0 aromatic carbocycles. The molecule has 1 atom stereocenters. The van der Waals surface area contributed by atoms with E-state index in [0.29, 0.717) is 30.6 Å². The molecule has 9 heteroatoms. The number of nitrogens with one attached hydrogen (secondary N) is 1. The van der Waals surface area contributed by atoms with Crippen LogP contribution in [0.25, 0.3) is 16.9 Å². The van der Waals surface area contributed by atoms with Gasteiger partial charge in [0.1, 0.15) is 11.6 Å². The molecule has 0 radical (unpaired) electrons. The van der Waals surface area contributed by atoms with Gasteiger partial charge in [0, 0.05) is 30.3 Å². The maximum atomic E-state index is 9.47. The fraction of sp³-hybridized carbons (Fsp3) is 0.455. The summed E-state index contributed by atoms with van der Waals surface area (Å²) in [5.41, 5.74) is 5.32. The first-order valence-corrected chi connectivity index (χ1v) is 10.6. The predicted octanol–water partition coefficient (Wildman–Crippen LogP) is 1.74. The van der Waals surface area contributed by atoms with Crippen LogP contribution in [-0.4, -0.2) is 58.0 Å². The molecule has 0 spiro atoms. The zero-order valence-corrected chi connectivity index (χ0v) is 17.5. The minimum Gasteiger partial charge on any atom is -0.480 e. The molecule has 1 saturated heterocycles. The quantitative estimate of drug-likeness (QED) is 0.672. The van der Waals surface area contributed by atoms with Gasteiger partial charge in [-0.25, -0.2) is 9.67 Å². The summed E-state index contributed by atoms with van der Waals surface area (Å²) >= 11 is 0. The molecule has 0 aliphatic carbocycles. The number of hydrogen-bond donors (Lipinski definition) is 1. The molecular formula is C22H25N7O2. The molecule has 9 nitrogen and oxygen atoms in total. The Labute approximate surface area is 180 Å². The number of hydrogen-bond acceptors (Lipinski definition) is 7. The minimum atomic E-state index is 0.315. The molecule has 1 N–H and O–H groups in total. The summed E-state index contributed by atoms with van der Waals surface area (Å²) < 4.78 is 14.8. The van der Waals surface area contributed by atoms with E-state index in [4.69, 9.17) is 14.6 Å². The number of rotatable bonds is 5. The zero-order valence-electron chi connectivity index (χ0n) is 17.5. The molecular weight excluding hydrogens is 394 g/mol. The molecule has 5 heterocycles.